The van der Waals surface area contributed by atoms with E-state index in [1.165, 1.54) is 23.5 Å². The third-order valence-electron chi connectivity index (χ3n) is 4.40. The summed E-state index contributed by atoms with van der Waals surface area (Å²) in [4.78, 5) is 35.7. The van der Waals surface area contributed by atoms with Crippen molar-refractivity contribution in [2.75, 3.05) is 52.5 Å². The van der Waals surface area contributed by atoms with Gasteiger partial charge in [0.1, 0.15) is 18.8 Å². The molecule has 8 heteroatoms. The summed E-state index contributed by atoms with van der Waals surface area (Å²) in [6.07, 6.45) is 6.58. The summed E-state index contributed by atoms with van der Waals surface area (Å²) < 4.78 is 5.34. The Morgan fingerprint density at radius 3 is 2.77 bits per heavy atom. The predicted octanol–water partition coefficient (Wildman–Crippen LogP) is -0.860. The largest absolute Gasteiger partial charge is 0.370 e. The van der Waals surface area contributed by atoms with Crippen LogP contribution in [0.15, 0.2) is 18.6 Å². The van der Waals surface area contributed by atoms with Crippen LogP contribution in [-0.2, 0) is 9.53 Å². The number of nitrogens with one attached hydrogen (secondary N) is 2. The Balaban J connectivity index is 1.67. The highest BCUT2D eigenvalue weighted by Crippen LogP contribution is 2.03. The van der Waals surface area contributed by atoms with Crippen molar-refractivity contribution in [3.63, 3.8) is 0 Å². The number of hydrogen-bond acceptors (Lipinski definition) is 5. The van der Waals surface area contributed by atoms with Gasteiger partial charge in [0.15, 0.2) is 0 Å². The summed E-state index contributed by atoms with van der Waals surface area (Å²) in [5.41, 5.74) is 0.315. The first-order valence-corrected chi connectivity index (χ1v) is 9.44. The smallest absolute Gasteiger partial charge is 0.274 e. The van der Waals surface area contributed by atoms with Gasteiger partial charge in [-0.05, 0) is 6.42 Å². The molecule has 26 heavy (non-hydrogen) atoms. The standard InChI is InChI=1S/C18H29N5O3/c1-2-8-23(18(25)16-15-19-6-7-20-16)10-4-17(24)21-5-3-9-22-11-13-26-14-12-22/h6-7,15H,2-5,8-14H2,1H3,(H,21,24)/p+1. The molecule has 2 amide bonds. The fraction of sp³-hybridized carbons (Fsp3) is 0.667. The molecule has 0 aliphatic carbocycles. The minimum Gasteiger partial charge on any atom is -0.370 e. The molecule has 144 valence electrons. The number of quaternary nitrogens is 1. The van der Waals surface area contributed by atoms with Gasteiger partial charge in [0.2, 0.25) is 5.91 Å². The number of amides is 2. The summed E-state index contributed by atoms with van der Waals surface area (Å²) in [6.45, 7) is 8.47. The first kappa shape index (κ1) is 20.3. The number of carbonyl (C=O) groups excluding carboxylic acids is 2. The summed E-state index contributed by atoms with van der Waals surface area (Å²) in [6, 6.07) is 0. The molecule has 2 rings (SSSR count). The first-order chi connectivity index (χ1) is 12.7. The average molecular weight is 364 g/mol. The van der Waals surface area contributed by atoms with E-state index in [4.69, 9.17) is 4.74 Å². The number of ether oxygens (including phenoxy) is 1. The van der Waals surface area contributed by atoms with Crippen molar-refractivity contribution in [2.45, 2.75) is 26.2 Å². The number of carbonyl (C=O) groups is 2. The van der Waals surface area contributed by atoms with E-state index in [1.807, 2.05) is 6.92 Å². The van der Waals surface area contributed by atoms with E-state index < -0.39 is 0 Å². The van der Waals surface area contributed by atoms with Crippen molar-refractivity contribution in [2.24, 2.45) is 0 Å². The minimum absolute atomic E-state index is 0.0185. The molecule has 0 saturated carbocycles. The molecular formula is C18H30N5O3+. The average Bonchev–Trinajstić information content (AvgIpc) is 2.69. The molecule has 0 atom stereocenters. The van der Waals surface area contributed by atoms with Gasteiger partial charge in [0, 0.05) is 44.9 Å². The molecule has 0 aromatic carbocycles. The van der Waals surface area contributed by atoms with Gasteiger partial charge in [-0.2, -0.15) is 0 Å². The maximum Gasteiger partial charge on any atom is 0.274 e. The van der Waals surface area contributed by atoms with Crippen LogP contribution in [0.3, 0.4) is 0 Å². The topological polar surface area (TPSA) is 88.9 Å². The van der Waals surface area contributed by atoms with E-state index in [0.29, 0.717) is 31.7 Å². The highest BCUT2D eigenvalue weighted by molar-refractivity contribution is 5.92. The minimum atomic E-state index is -0.177. The van der Waals surface area contributed by atoms with Crippen LogP contribution in [0, 0.1) is 0 Å². The normalized spacial score (nSPS) is 14.8. The third-order valence-corrected chi connectivity index (χ3v) is 4.40. The summed E-state index contributed by atoms with van der Waals surface area (Å²) in [5, 5.41) is 2.95. The van der Waals surface area contributed by atoms with Crippen molar-refractivity contribution >= 4 is 11.8 Å². The lowest BCUT2D eigenvalue weighted by atomic mass is 10.3. The first-order valence-electron chi connectivity index (χ1n) is 9.44. The van der Waals surface area contributed by atoms with Crippen LogP contribution in [-0.4, -0.2) is 79.2 Å². The lowest BCUT2D eigenvalue weighted by molar-refractivity contribution is -0.908. The Morgan fingerprint density at radius 1 is 1.27 bits per heavy atom. The van der Waals surface area contributed by atoms with Crippen molar-refractivity contribution < 1.29 is 19.2 Å². The Hall–Kier alpha value is -2.06. The van der Waals surface area contributed by atoms with Crippen LogP contribution >= 0.6 is 0 Å². The van der Waals surface area contributed by atoms with E-state index >= 15 is 0 Å². The molecule has 2 heterocycles. The van der Waals surface area contributed by atoms with Crippen LogP contribution in [0.2, 0.25) is 0 Å². The maximum atomic E-state index is 12.5. The van der Waals surface area contributed by atoms with Crippen LogP contribution < -0.4 is 10.2 Å². The Bertz CT molecular complexity index is 549. The molecule has 0 bridgehead atoms. The maximum absolute atomic E-state index is 12.5. The van der Waals surface area contributed by atoms with Gasteiger partial charge >= 0.3 is 0 Å². The molecule has 1 aromatic heterocycles. The fourth-order valence-corrected chi connectivity index (χ4v) is 2.96. The summed E-state index contributed by atoms with van der Waals surface area (Å²) in [7, 11) is 0. The third kappa shape index (κ3) is 7.05. The SMILES string of the molecule is CCCN(CCC(=O)NCCC[NH+]1CCOCC1)C(=O)c1cnccn1. The van der Waals surface area contributed by atoms with Crippen LogP contribution in [0.5, 0.6) is 0 Å². The van der Waals surface area contributed by atoms with Crippen molar-refractivity contribution in [3.05, 3.63) is 24.3 Å². The predicted molar refractivity (Wildman–Crippen MR) is 96.9 cm³/mol. The van der Waals surface area contributed by atoms with Gasteiger partial charge < -0.3 is 19.9 Å². The zero-order valence-corrected chi connectivity index (χ0v) is 15.6. The summed E-state index contributed by atoms with van der Waals surface area (Å²) in [5.74, 6) is -0.196. The number of rotatable bonds is 10. The van der Waals surface area contributed by atoms with Gasteiger partial charge in [-0.1, -0.05) is 6.92 Å². The van der Waals surface area contributed by atoms with Gasteiger partial charge in [-0.25, -0.2) is 4.98 Å². The van der Waals surface area contributed by atoms with Gasteiger partial charge in [-0.15, -0.1) is 0 Å². The van der Waals surface area contributed by atoms with E-state index in [2.05, 4.69) is 15.3 Å². The number of aromatic nitrogens is 2. The van der Waals surface area contributed by atoms with Crippen LogP contribution in [0.25, 0.3) is 0 Å². The molecule has 1 saturated heterocycles. The van der Waals surface area contributed by atoms with Gasteiger partial charge in [0.05, 0.1) is 26.0 Å². The van der Waals surface area contributed by atoms with E-state index in [-0.39, 0.29) is 11.8 Å². The van der Waals surface area contributed by atoms with Crippen LogP contribution in [0.1, 0.15) is 36.7 Å². The second kappa shape index (κ2) is 11.5. The second-order valence-electron chi connectivity index (χ2n) is 6.45. The quantitative estimate of drug-likeness (QED) is 0.528. The Labute approximate surface area is 154 Å². The Kier molecular flexibility index (Phi) is 8.99. The monoisotopic (exact) mass is 364 g/mol. The van der Waals surface area contributed by atoms with E-state index in [0.717, 1.165) is 45.7 Å². The molecular weight excluding hydrogens is 334 g/mol. The molecule has 1 aliphatic rings. The molecule has 2 N–H and O–H groups in total. The highest BCUT2D eigenvalue weighted by atomic mass is 16.5. The molecule has 1 aliphatic heterocycles. The number of morpholine rings is 1. The molecule has 0 unspecified atom stereocenters. The number of hydrogen-bond donors (Lipinski definition) is 2. The molecule has 1 fully saturated rings. The van der Waals surface area contributed by atoms with Crippen molar-refractivity contribution in [1.29, 1.82) is 0 Å². The zero-order valence-electron chi connectivity index (χ0n) is 15.6. The fourth-order valence-electron chi connectivity index (χ4n) is 2.96. The van der Waals surface area contributed by atoms with Crippen LogP contribution in [0.4, 0.5) is 0 Å². The van der Waals surface area contributed by atoms with Gasteiger partial charge in [-0.3, -0.25) is 14.6 Å². The molecule has 8 nitrogen and oxygen atoms in total. The van der Waals surface area contributed by atoms with Gasteiger partial charge in [0.25, 0.3) is 5.91 Å². The Morgan fingerprint density at radius 2 is 2.08 bits per heavy atom. The molecule has 0 radical (unpaired) electrons. The highest BCUT2D eigenvalue weighted by Gasteiger charge is 2.17. The summed E-state index contributed by atoms with van der Waals surface area (Å²) >= 11 is 0. The lowest BCUT2D eigenvalue weighted by Crippen LogP contribution is -3.14. The van der Waals surface area contributed by atoms with Crippen molar-refractivity contribution in [3.8, 4) is 0 Å². The second-order valence-corrected chi connectivity index (χ2v) is 6.45. The number of nitrogens with zero attached hydrogens (tertiary/aromatic N) is 3. The zero-order chi connectivity index (χ0) is 18.6. The molecule has 0 spiro atoms. The van der Waals surface area contributed by atoms with E-state index in [1.54, 1.807) is 4.90 Å². The van der Waals surface area contributed by atoms with Crippen molar-refractivity contribution in [1.82, 2.24) is 20.2 Å². The van der Waals surface area contributed by atoms with E-state index in [9.17, 15) is 9.59 Å². The molecule has 1 aromatic rings. The lowest BCUT2D eigenvalue weighted by Gasteiger charge is -2.23.